The predicted molar refractivity (Wildman–Crippen MR) is 121 cm³/mol. The fraction of sp³-hybridized carbons (Fsp3) is 0.348. The monoisotopic (exact) mass is 493 g/mol. The van der Waals surface area contributed by atoms with E-state index in [1.165, 1.54) is 6.92 Å². The Hall–Kier alpha value is -3.67. The van der Waals surface area contributed by atoms with Crippen molar-refractivity contribution in [1.82, 2.24) is 10.2 Å². The molecule has 0 aliphatic carbocycles. The lowest BCUT2D eigenvalue weighted by atomic mass is 9.95. The minimum absolute atomic E-state index is 0.224. The first kappa shape index (κ1) is 24.5. The first-order valence-corrected chi connectivity index (χ1v) is 10.6. The zero-order valence-electron chi connectivity index (χ0n) is 19.1. The highest BCUT2D eigenvalue weighted by atomic mass is 19.4. The van der Waals surface area contributed by atoms with Gasteiger partial charge in [0.25, 0.3) is 0 Å². The second-order valence-electron chi connectivity index (χ2n) is 8.88. The number of nitrogens with two attached hydrogens (primary N) is 1. The van der Waals surface area contributed by atoms with Gasteiger partial charge in [0.05, 0.1) is 22.9 Å². The quantitative estimate of drug-likeness (QED) is 0.454. The number of aryl methyl sites for hydroxylation is 1. The number of nitrogens with one attached hydrogen (secondary N) is 1. The Morgan fingerprint density at radius 2 is 1.91 bits per heavy atom. The maximum absolute atomic E-state index is 14.9. The third-order valence-corrected chi connectivity index (χ3v) is 5.79. The van der Waals surface area contributed by atoms with Crippen molar-refractivity contribution in [2.75, 3.05) is 23.3 Å². The number of hydrogen-bond donors (Lipinski definition) is 3. The third kappa shape index (κ3) is 4.92. The fourth-order valence-electron chi connectivity index (χ4n) is 4.14. The number of aromatic nitrogens is 2. The topological polar surface area (TPSA) is 114 Å². The summed E-state index contributed by atoms with van der Waals surface area (Å²) in [4.78, 5) is 13.1. The average Bonchev–Trinajstić information content (AvgIpc) is 2.73. The number of aliphatic hydroxyl groups is 1. The number of carbonyl (C=O) groups excluding carboxylic acids is 1. The molecule has 0 bridgehead atoms. The lowest BCUT2D eigenvalue weighted by Crippen LogP contribution is -2.60. The van der Waals surface area contributed by atoms with Crippen molar-refractivity contribution >= 4 is 28.4 Å². The number of anilines is 2. The van der Waals surface area contributed by atoms with Crippen LogP contribution in [0.2, 0.25) is 0 Å². The number of rotatable bonds is 5. The fourth-order valence-corrected chi connectivity index (χ4v) is 4.14. The SMILES string of the molecule is Cc1nnc(NC(C)c2cc(OC(N)=O)cc(C(F)(F)F)c2F)c2cc(N3CC(C)(O)C3)ccc12. The molecule has 8 nitrogen and oxygen atoms in total. The number of primary amides is 1. The average molecular weight is 493 g/mol. The zero-order chi connectivity index (χ0) is 25.7. The van der Waals surface area contributed by atoms with Crippen LogP contribution < -0.4 is 20.7 Å². The van der Waals surface area contributed by atoms with Crippen LogP contribution in [0.4, 0.5) is 33.9 Å². The summed E-state index contributed by atoms with van der Waals surface area (Å²) in [5.41, 5.74) is 3.59. The van der Waals surface area contributed by atoms with E-state index in [0.29, 0.717) is 30.2 Å². The highest BCUT2D eigenvalue weighted by Gasteiger charge is 2.38. The Labute approximate surface area is 197 Å². The molecule has 1 saturated heterocycles. The van der Waals surface area contributed by atoms with Gasteiger partial charge >= 0.3 is 12.3 Å². The number of β-amino-alcohol motifs (C(OH)–C–C–N with tert-alkyl or cyclic N) is 1. The van der Waals surface area contributed by atoms with Gasteiger partial charge in [-0.05, 0) is 45.0 Å². The molecule has 0 radical (unpaired) electrons. The summed E-state index contributed by atoms with van der Waals surface area (Å²) >= 11 is 0. The molecule has 0 saturated carbocycles. The summed E-state index contributed by atoms with van der Waals surface area (Å²) in [7, 11) is 0. The molecule has 4 rings (SSSR count). The second-order valence-corrected chi connectivity index (χ2v) is 8.88. The van der Waals surface area contributed by atoms with Gasteiger partial charge < -0.3 is 25.8 Å². The standard InChI is InChI=1S/C23H23F4N5O3/c1-11(16-7-14(35-21(28)33)8-18(19(16)24)23(25,26)27)29-20-17-6-13(32-9-22(3,34)10-32)4-5-15(17)12(2)30-31-20/h4-8,11,34H,9-10H2,1-3H3,(H2,28,33)(H,29,31). The first-order valence-electron chi connectivity index (χ1n) is 10.6. The number of benzene rings is 2. The van der Waals surface area contributed by atoms with Crippen molar-refractivity contribution in [2.45, 2.75) is 38.6 Å². The van der Waals surface area contributed by atoms with Crippen molar-refractivity contribution in [3.8, 4) is 5.75 Å². The van der Waals surface area contributed by atoms with E-state index < -0.39 is 46.6 Å². The number of amides is 1. The zero-order valence-corrected chi connectivity index (χ0v) is 19.1. The number of alkyl halides is 3. The van der Waals surface area contributed by atoms with Gasteiger partial charge in [-0.2, -0.15) is 18.3 Å². The van der Waals surface area contributed by atoms with Gasteiger partial charge in [-0.15, -0.1) is 5.10 Å². The van der Waals surface area contributed by atoms with Crippen LogP contribution in [0.3, 0.4) is 0 Å². The van der Waals surface area contributed by atoms with Gasteiger partial charge in [-0.1, -0.05) is 6.07 Å². The molecule has 1 atom stereocenters. The number of fused-ring (bicyclic) bond motifs is 1. The van der Waals surface area contributed by atoms with E-state index in [1.807, 2.05) is 23.1 Å². The predicted octanol–water partition coefficient (Wildman–Crippen LogP) is 4.30. The number of carbonyl (C=O) groups is 1. The molecule has 35 heavy (non-hydrogen) atoms. The summed E-state index contributed by atoms with van der Waals surface area (Å²) < 4.78 is 59.8. The van der Waals surface area contributed by atoms with E-state index in [4.69, 9.17) is 5.73 Å². The summed E-state index contributed by atoms with van der Waals surface area (Å²) in [6.07, 6.45) is -6.36. The number of nitrogens with zero attached hydrogens (tertiary/aromatic N) is 3. The molecule has 2 aromatic carbocycles. The molecule has 3 aromatic rings. The van der Waals surface area contributed by atoms with Gasteiger partial charge in [0.2, 0.25) is 0 Å². The molecule has 12 heteroatoms. The third-order valence-electron chi connectivity index (χ3n) is 5.79. The minimum atomic E-state index is -5.03. The van der Waals surface area contributed by atoms with Crippen LogP contribution in [-0.4, -0.2) is 40.1 Å². The molecule has 4 N–H and O–H groups in total. The van der Waals surface area contributed by atoms with Crippen molar-refractivity contribution < 1.29 is 32.2 Å². The molecule has 186 valence electrons. The Morgan fingerprint density at radius 3 is 2.51 bits per heavy atom. The lowest BCUT2D eigenvalue weighted by Gasteiger charge is -2.45. The molecule has 1 fully saturated rings. The van der Waals surface area contributed by atoms with Crippen molar-refractivity contribution in [1.29, 1.82) is 0 Å². The lowest BCUT2D eigenvalue weighted by molar-refractivity contribution is -0.140. The maximum atomic E-state index is 14.9. The highest BCUT2D eigenvalue weighted by Crippen LogP contribution is 2.39. The summed E-state index contributed by atoms with van der Waals surface area (Å²) in [6, 6.07) is 5.86. The molecular weight excluding hydrogens is 470 g/mol. The summed E-state index contributed by atoms with van der Waals surface area (Å²) in [6.45, 7) is 5.81. The number of ether oxygens (including phenoxy) is 1. The maximum Gasteiger partial charge on any atom is 0.419 e. The van der Waals surface area contributed by atoms with E-state index in [2.05, 4.69) is 20.3 Å². The Kier molecular flexibility index (Phi) is 5.95. The minimum Gasteiger partial charge on any atom is -0.410 e. The van der Waals surface area contributed by atoms with E-state index in [0.717, 1.165) is 17.1 Å². The molecule has 1 amide bonds. The molecule has 1 aromatic heterocycles. The Bertz CT molecular complexity index is 1300. The Morgan fingerprint density at radius 1 is 1.23 bits per heavy atom. The number of halogens is 4. The molecule has 2 heterocycles. The second kappa shape index (κ2) is 8.52. The van der Waals surface area contributed by atoms with E-state index >= 15 is 0 Å². The largest absolute Gasteiger partial charge is 0.419 e. The molecule has 1 aliphatic heterocycles. The van der Waals surface area contributed by atoms with Gasteiger partial charge in [-0.25, -0.2) is 9.18 Å². The molecule has 1 aliphatic rings. The van der Waals surface area contributed by atoms with Crippen LogP contribution in [0, 0.1) is 12.7 Å². The van der Waals surface area contributed by atoms with Crippen molar-refractivity contribution in [3.05, 3.63) is 53.0 Å². The van der Waals surface area contributed by atoms with Crippen LogP contribution in [0.25, 0.3) is 10.8 Å². The summed E-state index contributed by atoms with van der Waals surface area (Å²) in [5, 5.41) is 22.6. The van der Waals surface area contributed by atoms with E-state index in [-0.39, 0.29) is 5.82 Å². The van der Waals surface area contributed by atoms with Crippen LogP contribution in [0.15, 0.2) is 30.3 Å². The summed E-state index contributed by atoms with van der Waals surface area (Å²) in [5.74, 6) is -1.83. The van der Waals surface area contributed by atoms with Gasteiger partial charge in [0.15, 0.2) is 5.82 Å². The van der Waals surface area contributed by atoms with Crippen LogP contribution in [-0.2, 0) is 6.18 Å². The smallest absolute Gasteiger partial charge is 0.410 e. The first-order chi connectivity index (χ1) is 16.2. The van der Waals surface area contributed by atoms with Gasteiger partial charge in [0, 0.05) is 35.1 Å². The molecule has 0 spiro atoms. The van der Waals surface area contributed by atoms with Crippen molar-refractivity contribution in [3.63, 3.8) is 0 Å². The van der Waals surface area contributed by atoms with Gasteiger partial charge in [0.1, 0.15) is 11.6 Å². The van der Waals surface area contributed by atoms with Gasteiger partial charge in [-0.3, -0.25) is 0 Å². The van der Waals surface area contributed by atoms with Crippen LogP contribution >= 0.6 is 0 Å². The highest BCUT2D eigenvalue weighted by molar-refractivity contribution is 5.95. The van der Waals surface area contributed by atoms with Crippen molar-refractivity contribution in [2.24, 2.45) is 5.73 Å². The molecular formula is C23H23F4N5O3. The Balaban J connectivity index is 1.73. The molecule has 1 unspecified atom stereocenters. The van der Waals surface area contributed by atoms with E-state index in [1.54, 1.807) is 13.8 Å². The van der Waals surface area contributed by atoms with Crippen LogP contribution in [0.5, 0.6) is 5.75 Å². The normalized spacial score (nSPS) is 16.1. The number of hydrogen-bond acceptors (Lipinski definition) is 7. The van der Waals surface area contributed by atoms with E-state index in [9.17, 15) is 27.5 Å². The van der Waals surface area contributed by atoms with Crippen LogP contribution in [0.1, 0.15) is 36.7 Å².